The van der Waals surface area contributed by atoms with E-state index in [1.807, 2.05) is 9.80 Å². The predicted octanol–water partition coefficient (Wildman–Crippen LogP) is -0.302. The minimum atomic E-state index is -0.517. The maximum atomic E-state index is 12.5. The van der Waals surface area contributed by atoms with Crippen molar-refractivity contribution in [3.05, 3.63) is 48.3 Å². The number of nitrogens with one attached hydrogen (secondary N) is 2. The van der Waals surface area contributed by atoms with Crippen molar-refractivity contribution in [2.45, 2.75) is 37.0 Å². The van der Waals surface area contributed by atoms with Crippen molar-refractivity contribution in [3.8, 4) is 5.75 Å². The highest BCUT2D eigenvalue weighted by Gasteiger charge is 2.28. The lowest BCUT2D eigenvalue weighted by atomic mass is 10.0. The Morgan fingerprint density at radius 3 is 1.82 bits per heavy atom. The number of amides is 1. The number of rotatable bonds is 6. The molecule has 2 aromatic heterocycles. The summed E-state index contributed by atoms with van der Waals surface area (Å²) in [7, 11) is 0. The van der Waals surface area contributed by atoms with Crippen LogP contribution in [-0.2, 0) is 0 Å². The first-order valence-corrected chi connectivity index (χ1v) is 12.8. The molecule has 2 aliphatic heterocycles. The second kappa shape index (κ2) is 11.3. The monoisotopic (exact) mass is 534 g/mol. The number of anilines is 5. The van der Waals surface area contributed by atoms with Crippen LogP contribution in [0.15, 0.2) is 42.6 Å². The van der Waals surface area contributed by atoms with Gasteiger partial charge in [0.2, 0.25) is 17.8 Å². The molecule has 0 spiro atoms. The van der Waals surface area contributed by atoms with Crippen LogP contribution in [0.1, 0.15) is 23.3 Å². The Bertz CT molecular complexity index is 1240. The van der Waals surface area contributed by atoms with E-state index in [1.54, 1.807) is 30.3 Å². The van der Waals surface area contributed by atoms with E-state index in [0.29, 0.717) is 55.4 Å². The summed E-state index contributed by atoms with van der Waals surface area (Å²) in [5.41, 5.74) is 26.1. The first kappa shape index (κ1) is 26.5. The molecule has 0 aliphatic carbocycles. The summed E-state index contributed by atoms with van der Waals surface area (Å²) in [4.78, 5) is 34.4. The summed E-state index contributed by atoms with van der Waals surface area (Å²) in [6.07, 6.45) is 2.91. The van der Waals surface area contributed by atoms with Gasteiger partial charge in [0, 0.05) is 67.9 Å². The molecule has 11 N–H and O–H groups in total. The van der Waals surface area contributed by atoms with Crippen molar-refractivity contribution >= 4 is 35.1 Å². The third-order valence-electron chi connectivity index (χ3n) is 6.61. The Kier molecular flexibility index (Phi) is 7.70. The summed E-state index contributed by atoms with van der Waals surface area (Å²) in [6.45, 7) is 2.32. The zero-order valence-corrected chi connectivity index (χ0v) is 21.4. The molecular weight excluding hydrogens is 500 g/mol. The lowest BCUT2D eigenvalue weighted by Crippen LogP contribution is -2.54. The van der Waals surface area contributed by atoms with E-state index in [0.717, 1.165) is 12.8 Å². The number of piperidine rings is 2. The molecule has 4 atom stereocenters. The molecule has 0 bridgehead atoms. The van der Waals surface area contributed by atoms with E-state index >= 15 is 0 Å². The molecule has 1 aromatic carbocycles. The molecule has 2 saturated heterocycles. The quantitative estimate of drug-likeness (QED) is 0.216. The number of pyridine rings is 1. The van der Waals surface area contributed by atoms with Crippen molar-refractivity contribution in [1.29, 1.82) is 0 Å². The van der Waals surface area contributed by atoms with Crippen LogP contribution in [0.2, 0.25) is 0 Å². The van der Waals surface area contributed by atoms with Crippen molar-refractivity contribution in [3.63, 3.8) is 0 Å². The van der Waals surface area contributed by atoms with Gasteiger partial charge in [-0.3, -0.25) is 4.79 Å². The highest BCUT2D eigenvalue weighted by Crippen LogP contribution is 2.25. The summed E-state index contributed by atoms with van der Waals surface area (Å²) in [5, 5.41) is 15.8. The number of hydrogen-bond acceptors (Lipinski definition) is 13. The summed E-state index contributed by atoms with van der Waals surface area (Å²) in [6, 6.07) is 9.59. The number of benzene rings is 1. The van der Waals surface area contributed by atoms with Gasteiger partial charge < -0.3 is 48.5 Å². The molecular formula is C25H34N12O2. The van der Waals surface area contributed by atoms with Crippen molar-refractivity contribution in [2.24, 2.45) is 22.9 Å². The number of hydrogen-bond donors (Lipinski definition) is 7. The fourth-order valence-corrected chi connectivity index (χ4v) is 4.90. The third-order valence-corrected chi connectivity index (χ3v) is 6.61. The fourth-order valence-electron chi connectivity index (χ4n) is 4.90. The Morgan fingerprint density at radius 1 is 0.795 bits per heavy atom. The lowest BCUT2D eigenvalue weighted by Gasteiger charge is -2.37. The molecule has 0 radical (unpaired) electrons. The van der Waals surface area contributed by atoms with Crippen LogP contribution >= 0.6 is 0 Å². The molecule has 4 heterocycles. The first-order valence-electron chi connectivity index (χ1n) is 12.8. The van der Waals surface area contributed by atoms with Gasteiger partial charge in [-0.1, -0.05) is 0 Å². The molecule has 0 saturated carbocycles. The van der Waals surface area contributed by atoms with Crippen LogP contribution in [0.5, 0.6) is 5.75 Å². The van der Waals surface area contributed by atoms with Gasteiger partial charge in [-0.05, 0) is 49.2 Å². The number of aromatic hydroxyl groups is 1. The van der Waals surface area contributed by atoms with Crippen LogP contribution in [0.3, 0.4) is 0 Å². The van der Waals surface area contributed by atoms with Gasteiger partial charge in [-0.15, -0.1) is 0 Å². The van der Waals surface area contributed by atoms with E-state index in [1.165, 1.54) is 12.3 Å². The van der Waals surface area contributed by atoms with Gasteiger partial charge in [0.15, 0.2) is 5.69 Å². The van der Waals surface area contributed by atoms with Gasteiger partial charge in [0.25, 0.3) is 5.91 Å². The maximum Gasteiger partial charge on any atom is 0.278 e. The van der Waals surface area contributed by atoms with E-state index < -0.39 is 5.91 Å². The van der Waals surface area contributed by atoms with Gasteiger partial charge in [0.1, 0.15) is 5.75 Å². The average Bonchev–Trinajstić information content (AvgIpc) is 2.89. The highest BCUT2D eigenvalue weighted by molar-refractivity contribution is 6.04. The van der Waals surface area contributed by atoms with Crippen molar-refractivity contribution in [1.82, 2.24) is 19.9 Å². The van der Waals surface area contributed by atoms with E-state index in [9.17, 15) is 9.90 Å². The Balaban J connectivity index is 1.37. The van der Waals surface area contributed by atoms with Gasteiger partial charge in [-0.2, -0.15) is 15.0 Å². The van der Waals surface area contributed by atoms with Crippen LogP contribution in [-0.4, -0.2) is 81.3 Å². The van der Waals surface area contributed by atoms with Gasteiger partial charge in [0.05, 0.1) is 0 Å². The minimum Gasteiger partial charge on any atom is -0.505 e. The smallest absolute Gasteiger partial charge is 0.278 e. The number of carbonyl (C=O) groups excluding carboxylic acids is 1. The third kappa shape index (κ3) is 6.49. The number of carbonyl (C=O) groups is 1. The molecule has 206 valence electrons. The molecule has 14 heteroatoms. The summed E-state index contributed by atoms with van der Waals surface area (Å²) < 4.78 is 0. The van der Waals surface area contributed by atoms with E-state index in [4.69, 9.17) is 27.9 Å². The Hall–Kier alpha value is -4.11. The second-order valence-corrected chi connectivity index (χ2v) is 10.1. The second-order valence-electron chi connectivity index (χ2n) is 10.1. The molecule has 5 rings (SSSR count). The summed E-state index contributed by atoms with van der Waals surface area (Å²) >= 11 is 0. The molecule has 4 unspecified atom stereocenters. The van der Waals surface area contributed by atoms with Gasteiger partial charge in [-0.25, -0.2) is 4.98 Å². The Morgan fingerprint density at radius 2 is 1.31 bits per heavy atom. The predicted molar refractivity (Wildman–Crippen MR) is 149 cm³/mol. The number of nitrogens with zero attached hydrogens (tertiary/aromatic N) is 6. The minimum absolute atomic E-state index is 0.0563. The molecule has 3 aromatic rings. The average molecular weight is 535 g/mol. The zero-order valence-electron chi connectivity index (χ0n) is 21.4. The number of aromatic nitrogens is 4. The molecule has 2 fully saturated rings. The first-order chi connectivity index (χ1) is 18.7. The highest BCUT2D eigenvalue weighted by atomic mass is 16.3. The maximum absolute atomic E-state index is 12.5. The van der Waals surface area contributed by atoms with Crippen LogP contribution in [0, 0.1) is 0 Å². The topological polar surface area (TPSA) is 223 Å². The zero-order chi connectivity index (χ0) is 27.5. The SMILES string of the molecule is NC1CC(N)CN(c2nc(Nc3ccc(NC(=O)c4ncccc4O)cc3)nc(N3CC(N)CC(N)C3)n2)C1. The fraction of sp³-hybridized carbons (Fsp3) is 0.400. The lowest BCUT2D eigenvalue weighted by molar-refractivity contribution is 0.101. The largest absolute Gasteiger partial charge is 0.505 e. The van der Waals surface area contributed by atoms with E-state index in [-0.39, 0.29) is 35.6 Å². The summed E-state index contributed by atoms with van der Waals surface area (Å²) in [5.74, 6) is 0.572. The van der Waals surface area contributed by atoms with Gasteiger partial charge >= 0.3 is 0 Å². The molecule has 14 nitrogen and oxygen atoms in total. The molecule has 39 heavy (non-hydrogen) atoms. The van der Waals surface area contributed by atoms with Crippen LogP contribution < -0.4 is 43.4 Å². The molecule has 1 amide bonds. The van der Waals surface area contributed by atoms with Crippen LogP contribution in [0.25, 0.3) is 0 Å². The van der Waals surface area contributed by atoms with Crippen LogP contribution in [0.4, 0.5) is 29.2 Å². The standard InChI is InChI=1S/C25H34N12O2/c26-14-8-15(27)11-36(10-14)24-33-23(34-25(35-24)37-12-16(28)9-17(29)13-37)32-19-5-3-18(4-6-19)31-22(39)21-20(38)2-1-7-30-21/h1-7,14-17,38H,8-13,26-29H2,(H,31,39)(H,32,33,34,35). The van der Waals surface area contributed by atoms with E-state index in [2.05, 4.69) is 25.6 Å². The number of nitrogens with two attached hydrogens (primary N) is 4. The Labute approximate surface area is 225 Å². The molecule has 2 aliphatic rings. The normalized spacial score (nSPS) is 23.4. The van der Waals surface area contributed by atoms with Crippen molar-refractivity contribution < 1.29 is 9.90 Å². The van der Waals surface area contributed by atoms with Crippen molar-refractivity contribution in [2.75, 3.05) is 46.6 Å².